The highest BCUT2D eigenvalue weighted by Crippen LogP contribution is 1.98. The SMILES string of the molecule is CCCN(CCC)C(=O)CNCCc1ccccc1. The fourth-order valence-corrected chi connectivity index (χ4v) is 2.09. The number of nitrogens with zero attached hydrogens (tertiary/aromatic N) is 1. The van der Waals surface area contributed by atoms with Crippen molar-refractivity contribution in [3.63, 3.8) is 0 Å². The highest BCUT2D eigenvalue weighted by atomic mass is 16.2. The molecular formula is C16H26N2O. The van der Waals surface area contributed by atoms with E-state index in [4.69, 9.17) is 0 Å². The Labute approximate surface area is 117 Å². The van der Waals surface area contributed by atoms with Gasteiger partial charge in [-0.05, 0) is 31.4 Å². The minimum atomic E-state index is 0.219. The molecule has 0 aromatic heterocycles. The number of benzene rings is 1. The van der Waals surface area contributed by atoms with Crippen molar-refractivity contribution in [3.8, 4) is 0 Å². The van der Waals surface area contributed by atoms with Crippen LogP contribution in [-0.4, -0.2) is 37.0 Å². The van der Waals surface area contributed by atoms with Crippen LogP contribution in [-0.2, 0) is 11.2 Å². The molecule has 1 rings (SSSR count). The average molecular weight is 262 g/mol. The predicted molar refractivity (Wildman–Crippen MR) is 80.2 cm³/mol. The lowest BCUT2D eigenvalue weighted by molar-refractivity contribution is -0.130. The number of carbonyl (C=O) groups is 1. The molecule has 0 fully saturated rings. The second kappa shape index (κ2) is 9.56. The molecule has 0 heterocycles. The van der Waals surface area contributed by atoms with Crippen molar-refractivity contribution in [2.24, 2.45) is 0 Å². The molecule has 0 saturated carbocycles. The zero-order valence-electron chi connectivity index (χ0n) is 12.2. The summed E-state index contributed by atoms with van der Waals surface area (Å²) in [7, 11) is 0. The van der Waals surface area contributed by atoms with E-state index in [-0.39, 0.29) is 5.91 Å². The Hall–Kier alpha value is -1.35. The fourth-order valence-electron chi connectivity index (χ4n) is 2.09. The Bertz CT molecular complexity index is 345. The maximum absolute atomic E-state index is 12.0. The van der Waals surface area contributed by atoms with Crippen molar-refractivity contribution in [1.82, 2.24) is 10.2 Å². The van der Waals surface area contributed by atoms with Crippen LogP contribution >= 0.6 is 0 Å². The summed E-state index contributed by atoms with van der Waals surface area (Å²) < 4.78 is 0. The second-order valence-electron chi connectivity index (χ2n) is 4.79. The van der Waals surface area contributed by atoms with Gasteiger partial charge in [0.2, 0.25) is 5.91 Å². The molecule has 1 amide bonds. The zero-order valence-corrected chi connectivity index (χ0v) is 12.2. The van der Waals surface area contributed by atoms with E-state index in [0.717, 1.165) is 38.9 Å². The van der Waals surface area contributed by atoms with Gasteiger partial charge in [-0.25, -0.2) is 0 Å². The summed E-state index contributed by atoms with van der Waals surface area (Å²) in [5, 5.41) is 3.24. The first-order chi connectivity index (χ1) is 9.27. The van der Waals surface area contributed by atoms with E-state index in [2.05, 4.69) is 31.3 Å². The van der Waals surface area contributed by atoms with E-state index < -0.39 is 0 Å². The lowest BCUT2D eigenvalue weighted by atomic mass is 10.1. The van der Waals surface area contributed by atoms with E-state index in [1.165, 1.54) is 5.56 Å². The van der Waals surface area contributed by atoms with Crippen LogP contribution in [0.25, 0.3) is 0 Å². The van der Waals surface area contributed by atoms with Gasteiger partial charge in [0.1, 0.15) is 0 Å². The largest absolute Gasteiger partial charge is 0.342 e. The predicted octanol–water partition coefficient (Wildman–Crippen LogP) is 2.47. The molecule has 1 aromatic carbocycles. The van der Waals surface area contributed by atoms with Crippen LogP contribution in [0.3, 0.4) is 0 Å². The summed E-state index contributed by atoms with van der Waals surface area (Å²) in [6.45, 7) is 7.26. The van der Waals surface area contributed by atoms with Crippen molar-refractivity contribution in [2.75, 3.05) is 26.2 Å². The number of hydrogen-bond donors (Lipinski definition) is 1. The third kappa shape index (κ3) is 6.39. The molecule has 0 bridgehead atoms. The minimum absolute atomic E-state index is 0.219. The maximum atomic E-state index is 12.0. The molecule has 0 aliphatic carbocycles. The number of rotatable bonds is 9. The maximum Gasteiger partial charge on any atom is 0.236 e. The Morgan fingerprint density at radius 3 is 2.32 bits per heavy atom. The standard InChI is InChI=1S/C16H26N2O/c1-3-12-18(13-4-2)16(19)14-17-11-10-15-8-6-5-7-9-15/h5-9,17H,3-4,10-14H2,1-2H3. The second-order valence-corrected chi connectivity index (χ2v) is 4.79. The van der Waals surface area contributed by atoms with Gasteiger partial charge in [-0.3, -0.25) is 4.79 Å². The molecule has 0 unspecified atom stereocenters. The van der Waals surface area contributed by atoms with Crippen LogP contribution < -0.4 is 5.32 Å². The van der Waals surface area contributed by atoms with Gasteiger partial charge in [-0.2, -0.15) is 0 Å². The van der Waals surface area contributed by atoms with Crippen molar-refractivity contribution in [1.29, 1.82) is 0 Å². The fraction of sp³-hybridized carbons (Fsp3) is 0.562. The van der Waals surface area contributed by atoms with Gasteiger partial charge in [0.05, 0.1) is 6.54 Å². The molecule has 1 N–H and O–H groups in total. The van der Waals surface area contributed by atoms with Crippen molar-refractivity contribution < 1.29 is 4.79 Å². The normalized spacial score (nSPS) is 10.4. The third-order valence-electron chi connectivity index (χ3n) is 3.05. The van der Waals surface area contributed by atoms with E-state index in [1.807, 2.05) is 23.1 Å². The van der Waals surface area contributed by atoms with Crippen LogP contribution in [0.1, 0.15) is 32.3 Å². The lowest BCUT2D eigenvalue weighted by Gasteiger charge is -2.21. The molecule has 0 atom stereocenters. The quantitative estimate of drug-likeness (QED) is 0.693. The molecular weight excluding hydrogens is 236 g/mol. The van der Waals surface area contributed by atoms with E-state index in [0.29, 0.717) is 6.54 Å². The lowest BCUT2D eigenvalue weighted by Crippen LogP contribution is -2.39. The summed E-state index contributed by atoms with van der Waals surface area (Å²) in [5.74, 6) is 0.219. The zero-order chi connectivity index (χ0) is 13.9. The third-order valence-corrected chi connectivity index (χ3v) is 3.05. The molecule has 0 spiro atoms. The highest BCUT2D eigenvalue weighted by molar-refractivity contribution is 5.78. The first-order valence-corrected chi connectivity index (χ1v) is 7.30. The molecule has 0 saturated heterocycles. The summed E-state index contributed by atoms with van der Waals surface area (Å²) in [4.78, 5) is 14.0. The van der Waals surface area contributed by atoms with Crippen molar-refractivity contribution in [3.05, 3.63) is 35.9 Å². The summed E-state index contributed by atoms with van der Waals surface area (Å²) >= 11 is 0. The van der Waals surface area contributed by atoms with Crippen LogP contribution in [0.5, 0.6) is 0 Å². The van der Waals surface area contributed by atoms with E-state index in [1.54, 1.807) is 0 Å². The van der Waals surface area contributed by atoms with Gasteiger partial charge in [0, 0.05) is 13.1 Å². The molecule has 1 aromatic rings. The number of hydrogen-bond acceptors (Lipinski definition) is 2. The number of nitrogens with one attached hydrogen (secondary N) is 1. The van der Waals surface area contributed by atoms with Gasteiger partial charge in [0.15, 0.2) is 0 Å². The van der Waals surface area contributed by atoms with Gasteiger partial charge >= 0.3 is 0 Å². The van der Waals surface area contributed by atoms with Gasteiger partial charge in [-0.1, -0.05) is 44.2 Å². The number of carbonyl (C=O) groups excluding carboxylic acids is 1. The van der Waals surface area contributed by atoms with Gasteiger partial charge in [0.25, 0.3) is 0 Å². The van der Waals surface area contributed by atoms with Gasteiger partial charge in [-0.15, -0.1) is 0 Å². The number of amides is 1. The van der Waals surface area contributed by atoms with Gasteiger partial charge < -0.3 is 10.2 Å². The topological polar surface area (TPSA) is 32.3 Å². The Morgan fingerprint density at radius 2 is 1.74 bits per heavy atom. The molecule has 3 heteroatoms. The van der Waals surface area contributed by atoms with Crippen LogP contribution in [0.2, 0.25) is 0 Å². The smallest absolute Gasteiger partial charge is 0.236 e. The van der Waals surface area contributed by atoms with Crippen molar-refractivity contribution in [2.45, 2.75) is 33.1 Å². The van der Waals surface area contributed by atoms with Crippen LogP contribution in [0.4, 0.5) is 0 Å². The van der Waals surface area contributed by atoms with Crippen LogP contribution in [0.15, 0.2) is 30.3 Å². The van der Waals surface area contributed by atoms with E-state index in [9.17, 15) is 4.79 Å². The Kier molecular flexibility index (Phi) is 7.91. The first-order valence-electron chi connectivity index (χ1n) is 7.30. The highest BCUT2D eigenvalue weighted by Gasteiger charge is 2.10. The Balaban J connectivity index is 2.22. The summed E-state index contributed by atoms with van der Waals surface area (Å²) in [6.07, 6.45) is 3.02. The summed E-state index contributed by atoms with van der Waals surface area (Å²) in [5.41, 5.74) is 1.31. The minimum Gasteiger partial charge on any atom is -0.342 e. The monoisotopic (exact) mass is 262 g/mol. The van der Waals surface area contributed by atoms with Crippen LogP contribution in [0, 0.1) is 0 Å². The van der Waals surface area contributed by atoms with E-state index >= 15 is 0 Å². The molecule has 106 valence electrons. The first kappa shape index (κ1) is 15.7. The molecule has 0 aliphatic heterocycles. The molecule has 19 heavy (non-hydrogen) atoms. The van der Waals surface area contributed by atoms with Crippen molar-refractivity contribution >= 4 is 5.91 Å². The molecule has 0 aliphatic rings. The average Bonchev–Trinajstić information content (AvgIpc) is 2.44. The molecule has 0 radical (unpaired) electrons. The molecule has 3 nitrogen and oxygen atoms in total. The Morgan fingerprint density at radius 1 is 1.11 bits per heavy atom. The summed E-state index contributed by atoms with van der Waals surface area (Å²) in [6, 6.07) is 10.3.